The molecule has 0 aliphatic rings. The van der Waals surface area contributed by atoms with Gasteiger partial charge < -0.3 is 11.1 Å². The summed E-state index contributed by atoms with van der Waals surface area (Å²) in [7, 11) is 0. The molecule has 2 aromatic rings. The van der Waals surface area contributed by atoms with Crippen LogP contribution in [0, 0.1) is 6.92 Å². The molecule has 0 radical (unpaired) electrons. The number of halogens is 1. The fourth-order valence-electron chi connectivity index (χ4n) is 1.48. The number of para-hydroxylation sites is 1. The van der Waals surface area contributed by atoms with Crippen molar-refractivity contribution in [2.45, 2.75) is 12.1 Å². The molecule has 6 heteroatoms. The van der Waals surface area contributed by atoms with Crippen molar-refractivity contribution in [2.75, 3.05) is 17.3 Å². The molecule has 0 saturated heterocycles. The molecule has 94 valence electrons. The fourth-order valence-corrected chi connectivity index (χ4v) is 2.09. The van der Waals surface area contributed by atoms with Crippen LogP contribution in [0.25, 0.3) is 0 Å². The zero-order valence-corrected chi connectivity index (χ0v) is 11.6. The van der Waals surface area contributed by atoms with Gasteiger partial charge in [0.1, 0.15) is 11.0 Å². The molecule has 4 nitrogen and oxygen atoms in total. The number of aromatic nitrogens is 2. The predicted octanol–water partition coefficient (Wildman–Crippen LogP) is 3.49. The monoisotopic (exact) mass is 280 g/mol. The minimum absolute atomic E-state index is 0.406. The van der Waals surface area contributed by atoms with Crippen molar-refractivity contribution >= 4 is 40.6 Å². The standard InChI is InChI=1S/C12H13ClN4S/c1-7-4-3-5-8(11(7)14)15-10-6-9(13)16-12(17-10)18-2/h3-6H,14H2,1-2H3,(H,15,16,17). The number of hydrogen-bond donors (Lipinski definition) is 2. The van der Waals surface area contributed by atoms with E-state index in [0.717, 1.165) is 11.3 Å². The summed E-state index contributed by atoms with van der Waals surface area (Å²) in [4.78, 5) is 8.40. The number of rotatable bonds is 3. The summed E-state index contributed by atoms with van der Waals surface area (Å²) in [5, 5.41) is 4.18. The molecule has 0 unspecified atom stereocenters. The number of aryl methyl sites for hydroxylation is 1. The lowest BCUT2D eigenvalue weighted by atomic mass is 10.2. The van der Waals surface area contributed by atoms with Crippen LogP contribution in [0.3, 0.4) is 0 Å². The summed E-state index contributed by atoms with van der Waals surface area (Å²) < 4.78 is 0. The van der Waals surface area contributed by atoms with Crippen molar-refractivity contribution in [3.63, 3.8) is 0 Å². The Balaban J connectivity index is 2.34. The van der Waals surface area contributed by atoms with Crippen LogP contribution in [0.15, 0.2) is 29.4 Å². The van der Waals surface area contributed by atoms with Crippen LogP contribution >= 0.6 is 23.4 Å². The van der Waals surface area contributed by atoms with Gasteiger partial charge in [-0.1, -0.05) is 35.5 Å². The molecule has 0 aliphatic heterocycles. The molecule has 3 N–H and O–H groups in total. The van der Waals surface area contributed by atoms with Gasteiger partial charge in [0.2, 0.25) is 0 Å². The summed E-state index contributed by atoms with van der Waals surface area (Å²) in [6, 6.07) is 7.47. The lowest BCUT2D eigenvalue weighted by Crippen LogP contribution is -2.01. The zero-order chi connectivity index (χ0) is 13.1. The predicted molar refractivity (Wildman–Crippen MR) is 77.7 cm³/mol. The summed E-state index contributed by atoms with van der Waals surface area (Å²) in [6.45, 7) is 1.96. The van der Waals surface area contributed by atoms with Crippen LogP contribution < -0.4 is 11.1 Å². The van der Waals surface area contributed by atoms with Crippen LogP contribution in [0.2, 0.25) is 5.15 Å². The number of thioether (sulfide) groups is 1. The largest absolute Gasteiger partial charge is 0.397 e. The maximum Gasteiger partial charge on any atom is 0.190 e. The van der Waals surface area contributed by atoms with Crippen molar-refractivity contribution in [1.82, 2.24) is 9.97 Å². The van der Waals surface area contributed by atoms with Crippen molar-refractivity contribution in [1.29, 1.82) is 0 Å². The van der Waals surface area contributed by atoms with E-state index >= 15 is 0 Å². The Labute approximate surface area is 115 Å². The van der Waals surface area contributed by atoms with Crippen molar-refractivity contribution in [3.05, 3.63) is 35.0 Å². The number of benzene rings is 1. The lowest BCUT2D eigenvalue weighted by Gasteiger charge is -2.11. The second-order valence-electron chi connectivity index (χ2n) is 3.72. The smallest absolute Gasteiger partial charge is 0.190 e. The molecule has 18 heavy (non-hydrogen) atoms. The normalized spacial score (nSPS) is 10.4. The van der Waals surface area contributed by atoms with E-state index in [-0.39, 0.29) is 0 Å². The van der Waals surface area contributed by atoms with E-state index < -0.39 is 0 Å². The average Bonchev–Trinajstić information content (AvgIpc) is 2.34. The Morgan fingerprint density at radius 2 is 2.11 bits per heavy atom. The van der Waals surface area contributed by atoms with Gasteiger partial charge in [-0.3, -0.25) is 0 Å². The van der Waals surface area contributed by atoms with E-state index in [9.17, 15) is 0 Å². The molecule has 0 spiro atoms. The minimum Gasteiger partial charge on any atom is -0.397 e. The molecular weight excluding hydrogens is 268 g/mol. The van der Waals surface area contributed by atoms with Crippen molar-refractivity contribution < 1.29 is 0 Å². The Morgan fingerprint density at radius 3 is 2.83 bits per heavy atom. The minimum atomic E-state index is 0.406. The highest BCUT2D eigenvalue weighted by Gasteiger charge is 2.06. The molecule has 0 saturated carbocycles. The quantitative estimate of drug-likeness (QED) is 0.390. The second kappa shape index (κ2) is 5.46. The number of nitrogens with zero attached hydrogens (tertiary/aromatic N) is 2. The highest BCUT2D eigenvalue weighted by molar-refractivity contribution is 7.98. The van der Waals surface area contributed by atoms with Crippen LogP contribution in [0.5, 0.6) is 0 Å². The zero-order valence-electron chi connectivity index (χ0n) is 10.1. The molecule has 1 aromatic carbocycles. The average molecular weight is 281 g/mol. The number of anilines is 3. The maximum atomic E-state index is 5.99. The lowest BCUT2D eigenvalue weighted by molar-refractivity contribution is 0.976. The van der Waals surface area contributed by atoms with Crippen molar-refractivity contribution in [2.24, 2.45) is 0 Å². The van der Waals surface area contributed by atoms with E-state index in [1.54, 1.807) is 6.07 Å². The Morgan fingerprint density at radius 1 is 1.33 bits per heavy atom. The number of nitrogens with two attached hydrogens (primary N) is 1. The van der Waals surface area contributed by atoms with Gasteiger partial charge in [0, 0.05) is 6.07 Å². The third-order valence-corrected chi connectivity index (χ3v) is 3.19. The Hall–Kier alpha value is -1.46. The topological polar surface area (TPSA) is 63.8 Å². The molecule has 0 bridgehead atoms. The van der Waals surface area contributed by atoms with Gasteiger partial charge >= 0.3 is 0 Å². The Bertz CT molecular complexity index is 574. The van der Waals surface area contributed by atoms with Crippen molar-refractivity contribution in [3.8, 4) is 0 Å². The number of hydrogen-bond acceptors (Lipinski definition) is 5. The first-order chi connectivity index (χ1) is 8.60. The number of nitrogens with one attached hydrogen (secondary N) is 1. The number of nitrogen functional groups attached to an aromatic ring is 1. The van der Waals surface area contributed by atoms with Gasteiger partial charge in [-0.05, 0) is 24.8 Å². The van der Waals surface area contributed by atoms with Crippen LogP contribution in [0.1, 0.15) is 5.56 Å². The van der Waals surface area contributed by atoms with Gasteiger partial charge in [0.15, 0.2) is 5.16 Å². The van der Waals surface area contributed by atoms with E-state index in [4.69, 9.17) is 17.3 Å². The summed E-state index contributed by atoms with van der Waals surface area (Å²) in [5.74, 6) is 0.636. The van der Waals surface area contributed by atoms with Crippen LogP contribution in [-0.2, 0) is 0 Å². The highest BCUT2D eigenvalue weighted by Crippen LogP contribution is 2.26. The molecule has 2 rings (SSSR count). The van der Waals surface area contributed by atoms with E-state index in [2.05, 4.69) is 15.3 Å². The molecule has 0 amide bonds. The Kier molecular flexibility index (Phi) is 3.93. The van der Waals surface area contributed by atoms with Gasteiger partial charge in [-0.25, -0.2) is 9.97 Å². The third-order valence-electron chi connectivity index (χ3n) is 2.44. The molecule has 0 fully saturated rings. The maximum absolute atomic E-state index is 5.99. The molecular formula is C12H13ClN4S. The first kappa shape index (κ1) is 13.0. The molecule has 1 aromatic heterocycles. The second-order valence-corrected chi connectivity index (χ2v) is 4.88. The van der Waals surface area contributed by atoms with Crippen LogP contribution in [0.4, 0.5) is 17.2 Å². The molecule has 0 atom stereocenters. The van der Waals surface area contributed by atoms with Gasteiger partial charge in [-0.2, -0.15) is 0 Å². The fraction of sp³-hybridized carbons (Fsp3) is 0.167. The first-order valence-corrected chi connectivity index (χ1v) is 6.91. The molecule has 0 aliphatic carbocycles. The van der Waals surface area contributed by atoms with E-state index in [1.807, 2.05) is 31.4 Å². The van der Waals surface area contributed by atoms with Crippen LogP contribution in [-0.4, -0.2) is 16.2 Å². The van der Waals surface area contributed by atoms with E-state index in [0.29, 0.717) is 21.8 Å². The van der Waals surface area contributed by atoms with Gasteiger partial charge in [0.05, 0.1) is 11.4 Å². The SMILES string of the molecule is CSc1nc(Cl)cc(Nc2cccc(C)c2N)n1. The molecule has 1 heterocycles. The summed E-state index contributed by atoms with van der Waals surface area (Å²) in [6.07, 6.45) is 1.90. The first-order valence-electron chi connectivity index (χ1n) is 5.31. The highest BCUT2D eigenvalue weighted by atomic mass is 35.5. The van der Waals surface area contributed by atoms with E-state index in [1.165, 1.54) is 11.8 Å². The van der Waals surface area contributed by atoms with Gasteiger partial charge in [-0.15, -0.1) is 0 Å². The van der Waals surface area contributed by atoms with Gasteiger partial charge in [0.25, 0.3) is 0 Å². The summed E-state index contributed by atoms with van der Waals surface area (Å²) in [5.41, 5.74) is 8.54. The third kappa shape index (κ3) is 2.86. The summed E-state index contributed by atoms with van der Waals surface area (Å²) >= 11 is 7.37.